The van der Waals surface area contributed by atoms with Crippen LogP contribution in [0.25, 0.3) is 0 Å². The second kappa shape index (κ2) is 2.89. The second-order valence-electron chi connectivity index (χ2n) is 2.56. The van der Waals surface area contributed by atoms with Crippen LogP contribution in [0.3, 0.4) is 0 Å². The van der Waals surface area contributed by atoms with Crippen LogP contribution >= 0.6 is 0 Å². The Bertz CT molecular complexity index is 298. The summed E-state index contributed by atoms with van der Waals surface area (Å²) in [5, 5.41) is 0. The molecule has 0 amide bonds. The quantitative estimate of drug-likeness (QED) is 0.322. The molecule has 0 fully saturated rings. The molecule has 0 unspecified atom stereocenters. The number of carbonyl (C=O) groups is 3. The molecule has 0 aromatic carbocycles. The number of allylic oxidation sites excluding steroid dienone is 2. The molecule has 1 aliphatic rings. The van der Waals surface area contributed by atoms with Gasteiger partial charge in [0.05, 0.1) is 5.57 Å². The molecule has 4 heteroatoms. The van der Waals surface area contributed by atoms with Crippen LogP contribution in [0, 0.1) is 0 Å². The Morgan fingerprint density at radius 2 is 2.00 bits per heavy atom. The van der Waals surface area contributed by atoms with Gasteiger partial charge in [0.2, 0.25) is 0 Å². The highest BCUT2D eigenvalue weighted by Gasteiger charge is 2.27. The number of rotatable bonds is 1. The van der Waals surface area contributed by atoms with Crippen molar-refractivity contribution in [2.45, 2.75) is 20.3 Å². The summed E-state index contributed by atoms with van der Waals surface area (Å²) in [5.74, 6) is -1.28. The number of Topliss-reactive ketones (excluding diaryl/α,β-unsaturated/α-hetero) is 2. The number of ether oxygens (including phenoxy) is 1. The summed E-state index contributed by atoms with van der Waals surface area (Å²) in [7, 11) is 0. The van der Waals surface area contributed by atoms with Crippen molar-refractivity contribution in [2.24, 2.45) is 0 Å². The standard InChI is InChI=1S/C8H8O4/c1-4(9)8-5(2)12-7(11)3-6(8)10/h3H2,1-2H3. The molecule has 0 saturated heterocycles. The zero-order valence-electron chi connectivity index (χ0n) is 6.84. The Morgan fingerprint density at radius 1 is 1.42 bits per heavy atom. The van der Waals surface area contributed by atoms with Crippen molar-refractivity contribution in [3.05, 3.63) is 11.3 Å². The molecule has 4 nitrogen and oxygen atoms in total. The Kier molecular flexibility index (Phi) is 2.08. The SMILES string of the molecule is CC(=O)C1=C(C)OC(=O)CC1=O. The maximum atomic E-state index is 11.1. The fraction of sp³-hybridized carbons (Fsp3) is 0.375. The van der Waals surface area contributed by atoms with E-state index in [2.05, 4.69) is 4.74 Å². The smallest absolute Gasteiger partial charge is 0.318 e. The molecule has 0 spiro atoms. The van der Waals surface area contributed by atoms with Crippen LogP contribution in [0.1, 0.15) is 20.3 Å². The molecule has 0 bridgehead atoms. The van der Waals surface area contributed by atoms with E-state index in [1.54, 1.807) is 0 Å². The zero-order valence-corrected chi connectivity index (χ0v) is 6.84. The lowest BCUT2D eigenvalue weighted by molar-refractivity contribution is -0.143. The monoisotopic (exact) mass is 168 g/mol. The highest BCUT2D eigenvalue weighted by molar-refractivity contribution is 6.24. The second-order valence-corrected chi connectivity index (χ2v) is 2.56. The van der Waals surface area contributed by atoms with Crippen molar-refractivity contribution in [3.63, 3.8) is 0 Å². The molecular formula is C8H8O4. The third-order valence-corrected chi connectivity index (χ3v) is 1.55. The zero-order chi connectivity index (χ0) is 9.30. The van der Waals surface area contributed by atoms with Crippen molar-refractivity contribution in [3.8, 4) is 0 Å². The van der Waals surface area contributed by atoms with Crippen molar-refractivity contribution in [1.82, 2.24) is 0 Å². The maximum Gasteiger partial charge on any atom is 0.318 e. The number of hydrogen-bond acceptors (Lipinski definition) is 4. The molecule has 0 aliphatic carbocycles. The van der Waals surface area contributed by atoms with E-state index in [9.17, 15) is 14.4 Å². The molecule has 0 aromatic rings. The van der Waals surface area contributed by atoms with Gasteiger partial charge < -0.3 is 4.74 Å². The fourth-order valence-corrected chi connectivity index (χ4v) is 1.12. The van der Waals surface area contributed by atoms with E-state index < -0.39 is 11.8 Å². The number of esters is 1. The Hall–Kier alpha value is -1.45. The van der Waals surface area contributed by atoms with Crippen LogP contribution < -0.4 is 0 Å². The first kappa shape index (κ1) is 8.64. The van der Waals surface area contributed by atoms with E-state index in [1.807, 2.05) is 0 Å². The number of cyclic esters (lactones) is 1. The van der Waals surface area contributed by atoms with E-state index in [-0.39, 0.29) is 23.5 Å². The molecule has 1 heterocycles. The molecule has 64 valence electrons. The third kappa shape index (κ3) is 1.42. The first-order valence-corrected chi connectivity index (χ1v) is 3.48. The van der Waals surface area contributed by atoms with E-state index in [1.165, 1.54) is 13.8 Å². The minimum atomic E-state index is -0.595. The van der Waals surface area contributed by atoms with Gasteiger partial charge in [-0.25, -0.2) is 0 Å². The van der Waals surface area contributed by atoms with Gasteiger partial charge in [-0.1, -0.05) is 0 Å². The summed E-state index contributed by atoms with van der Waals surface area (Å²) >= 11 is 0. The fourth-order valence-electron chi connectivity index (χ4n) is 1.12. The molecule has 0 N–H and O–H groups in total. The summed E-state index contributed by atoms with van der Waals surface area (Å²) in [6.45, 7) is 2.71. The molecule has 0 aromatic heterocycles. The van der Waals surface area contributed by atoms with Gasteiger partial charge in [0.25, 0.3) is 0 Å². The first-order chi connectivity index (χ1) is 5.52. The van der Waals surface area contributed by atoms with Gasteiger partial charge in [0.15, 0.2) is 11.6 Å². The predicted molar refractivity (Wildman–Crippen MR) is 39.1 cm³/mol. The average molecular weight is 168 g/mol. The van der Waals surface area contributed by atoms with Crippen LogP contribution in [0.2, 0.25) is 0 Å². The van der Waals surface area contributed by atoms with Gasteiger partial charge in [0, 0.05) is 0 Å². The number of carbonyl (C=O) groups excluding carboxylic acids is 3. The van der Waals surface area contributed by atoms with Crippen LogP contribution in [-0.4, -0.2) is 17.5 Å². The number of ketones is 2. The molecular weight excluding hydrogens is 160 g/mol. The number of hydrogen-bond donors (Lipinski definition) is 0. The minimum Gasteiger partial charge on any atom is -0.430 e. The van der Waals surface area contributed by atoms with Gasteiger partial charge in [0.1, 0.15) is 12.2 Å². The molecule has 12 heavy (non-hydrogen) atoms. The molecule has 0 atom stereocenters. The maximum absolute atomic E-state index is 11.1. The van der Waals surface area contributed by atoms with Crippen molar-refractivity contribution < 1.29 is 19.1 Å². The van der Waals surface area contributed by atoms with Crippen LogP contribution in [0.5, 0.6) is 0 Å². The lowest BCUT2D eigenvalue weighted by Gasteiger charge is -2.13. The summed E-state index contributed by atoms with van der Waals surface area (Å²) in [6, 6.07) is 0. The Morgan fingerprint density at radius 3 is 2.42 bits per heavy atom. The summed E-state index contributed by atoms with van der Waals surface area (Å²) in [5.41, 5.74) is 0.00889. The van der Waals surface area contributed by atoms with Crippen LogP contribution in [-0.2, 0) is 19.1 Å². The van der Waals surface area contributed by atoms with Crippen LogP contribution in [0.15, 0.2) is 11.3 Å². The van der Waals surface area contributed by atoms with Crippen molar-refractivity contribution >= 4 is 17.5 Å². The normalized spacial score (nSPS) is 17.8. The van der Waals surface area contributed by atoms with E-state index >= 15 is 0 Å². The lowest BCUT2D eigenvalue weighted by Crippen LogP contribution is -2.24. The highest BCUT2D eigenvalue weighted by Crippen LogP contribution is 2.16. The minimum absolute atomic E-state index is 0.00889. The Balaban J connectivity index is 3.09. The first-order valence-electron chi connectivity index (χ1n) is 3.48. The summed E-state index contributed by atoms with van der Waals surface area (Å²) in [6.07, 6.45) is -0.327. The summed E-state index contributed by atoms with van der Waals surface area (Å²) in [4.78, 5) is 32.6. The van der Waals surface area contributed by atoms with Gasteiger partial charge in [-0.3, -0.25) is 14.4 Å². The van der Waals surface area contributed by atoms with E-state index in [0.717, 1.165) is 0 Å². The van der Waals surface area contributed by atoms with Gasteiger partial charge in [-0.2, -0.15) is 0 Å². The van der Waals surface area contributed by atoms with Crippen molar-refractivity contribution in [1.29, 1.82) is 0 Å². The highest BCUT2D eigenvalue weighted by atomic mass is 16.5. The Labute approximate surface area is 69.2 Å². The topological polar surface area (TPSA) is 60.4 Å². The molecule has 0 radical (unpaired) electrons. The van der Waals surface area contributed by atoms with Gasteiger partial charge >= 0.3 is 5.97 Å². The third-order valence-electron chi connectivity index (χ3n) is 1.55. The van der Waals surface area contributed by atoms with E-state index in [0.29, 0.717) is 0 Å². The summed E-state index contributed by atoms with van der Waals surface area (Å²) < 4.78 is 4.63. The largest absolute Gasteiger partial charge is 0.430 e. The van der Waals surface area contributed by atoms with Crippen molar-refractivity contribution in [2.75, 3.05) is 0 Å². The molecule has 1 aliphatic heterocycles. The molecule has 1 rings (SSSR count). The molecule has 0 saturated carbocycles. The predicted octanol–water partition coefficient (Wildman–Crippen LogP) is 0.365. The average Bonchev–Trinajstić information content (AvgIpc) is 1.82. The van der Waals surface area contributed by atoms with E-state index in [4.69, 9.17) is 0 Å². The van der Waals surface area contributed by atoms with Gasteiger partial charge in [-0.05, 0) is 13.8 Å². The van der Waals surface area contributed by atoms with Gasteiger partial charge in [-0.15, -0.1) is 0 Å². The van der Waals surface area contributed by atoms with Crippen LogP contribution in [0.4, 0.5) is 0 Å². The lowest BCUT2D eigenvalue weighted by atomic mass is 10.0.